The summed E-state index contributed by atoms with van der Waals surface area (Å²) in [4.78, 5) is 5.06. The standard InChI is InChI=1S/C25H24N2O2S/c1-17-13-15-20(16-14-17)30(28,29)27(4)25-24(21-10-6-5-9-18(21)2)19(3)22-11-7-8-12-23(22)26-25/h5-16H,1-4H3. The number of nitrogens with zero attached hydrogens (tertiary/aromatic N) is 2. The number of aromatic nitrogens is 1. The second-order valence-electron chi connectivity index (χ2n) is 7.55. The average Bonchev–Trinajstić information content (AvgIpc) is 2.74. The van der Waals surface area contributed by atoms with Crippen molar-refractivity contribution in [3.63, 3.8) is 0 Å². The fourth-order valence-corrected chi connectivity index (χ4v) is 4.90. The van der Waals surface area contributed by atoms with Crippen molar-refractivity contribution in [2.75, 3.05) is 11.4 Å². The van der Waals surface area contributed by atoms with Gasteiger partial charge in [0.25, 0.3) is 10.0 Å². The minimum atomic E-state index is -3.77. The molecule has 1 heterocycles. The Morgan fingerprint density at radius 2 is 1.43 bits per heavy atom. The highest BCUT2D eigenvalue weighted by atomic mass is 32.2. The van der Waals surface area contributed by atoms with Crippen molar-refractivity contribution in [3.05, 3.63) is 89.5 Å². The van der Waals surface area contributed by atoms with Crippen LogP contribution in [0.15, 0.2) is 77.7 Å². The van der Waals surface area contributed by atoms with Crippen molar-refractivity contribution >= 4 is 26.7 Å². The number of pyridine rings is 1. The van der Waals surface area contributed by atoms with Gasteiger partial charge in [-0.25, -0.2) is 13.4 Å². The second kappa shape index (κ2) is 7.58. The number of sulfonamides is 1. The van der Waals surface area contributed by atoms with Crippen LogP contribution in [0, 0.1) is 20.8 Å². The Morgan fingerprint density at radius 1 is 0.800 bits per heavy atom. The number of fused-ring (bicyclic) bond motifs is 1. The minimum absolute atomic E-state index is 0.249. The van der Waals surface area contributed by atoms with E-state index in [1.165, 1.54) is 4.31 Å². The third-order valence-electron chi connectivity index (χ3n) is 5.53. The highest BCUT2D eigenvalue weighted by Gasteiger charge is 2.27. The van der Waals surface area contributed by atoms with Crippen LogP contribution in [0.2, 0.25) is 0 Å². The molecule has 0 bridgehead atoms. The molecule has 0 aliphatic heterocycles. The van der Waals surface area contributed by atoms with Gasteiger partial charge in [-0.3, -0.25) is 4.31 Å². The van der Waals surface area contributed by atoms with Crippen molar-refractivity contribution in [2.24, 2.45) is 0 Å². The highest BCUT2D eigenvalue weighted by molar-refractivity contribution is 7.92. The van der Waals surface area contributed by atoms with Crippen LogP contribution in [0.3, 0.4) is 0 Å². The number of aryl methyl sites for hydroxylation is 3. The molecule has 0 spiro atoms. The molecule has 5 heteroatoms. The summed E-state index contributed by atoms with van der Waals surface area (Å²) in [5, 5.41) is 1.01. The normalized spacial score (nSPS) is 11.6. The van der Waals surface area contributed by atoms with Gasteiger partial charge in [0.2, 0.25) is 0 Å². The van der Waals surface area contributed by atoms with E-state index >= 15 is 0 Å². The Bertz CT molecular complexity index is 1340. The number of para-hydroxylation sites is 1. The summed E-state index contributed by atoms with van der Waals surface area (Å²) in [5.41, 5.74) is 5.68. The minimum Gasteiger partial charge on any atom is -0.252 e. The van der Waals surface area contributed by atoms with E-state index in [0.717, 1.165) is 38.7 Å². The third kappa shape index (κ3) is 3.35. The summed E-state index contributed by atoms with van der Waals surface area (Å²) in [6, 6.07) is 22.7. The Kier molecular flexibility index (Phi) is 5.08. The first-order chi connectivity index (χ1) is 14.3. The van der Waals surface area contributed by atoms with Crippen LogP contribution in [0.4, 0.5) is 5.82 Å². The van der Waals surface area contributed by atoms with Gasteiger partial charge in [0.05, 0.1) is 10.4 Å². The van der Waals surface area contributed by atoms with Gasteiger partial charge in [0.1, 0.15) is 0 Å². The van der Waals surface area contributed by atoms with E-state index in [1.807, 2.05) is 81.4 Å². The predicted molar refractivity (Wildman–Crippen MR) is 123 cm³/mol. The predicted octanol–water partition coefficient (Wildman–Crippen LogP) is 5.65. The SMILES string of the molecule is Cc1ccc(S(=O)(=O)N(C)c2nc3ccccc3c(C)c2-c2ccccc2C)cc1. The topological polar surface area (TPSA) is 50.3 Å². The van der Waals surface area contributed by atoms with E-state index in [-0.39, 0.29) is 4.90 Å². The van der Waals surface area contributed by atoms with E-state index in [2.05, 4.69) is 0 Å². The van der Waals surface area contributed by atoms with Crippen molar-refractivity contribution in [3.8, 4) is 11.1 Å². The van der Waals surface area contributed by atoms with E-state index in [1.54, 1.807) is 19.2 Å². The first kappa shape index (κ1) is 20.1. The molecule has 152 valence electrons. The summed E-state index contributed by atoms with van der Waals surface area (Å²) < 4.78 is 28.2. The van der Waals surface area contributed by atoms with Crippen LogP contribution >= 0.6 is 0 Å². The molecule has 0 atom stereocenters. The zero-order chi connectivity index (χ0) is 21.5. The lowest BCUT2D eigenvalue weighted by Gasteiger charge is -2.24. The quantitative estimate of drug-likeness (QED) is 0.432. The molecule has 0 fully saturated rings. The maximum absolute atomic E-state index is 13.4. The zero-order valence-electron chi connectivity index (χ0n) is 17.5. The van der Waals surface area contributed by atoms with Crippen LogP contribution in [-0.4, -0.2) is 20.4 Å². The van der Waals surface area contributed by atoms with Gasteiger partial charge in [-0.2, -0.15) is 0 Å². The molecule has 30 heavy (non-hydrogen) atoms. The molecule has 0 radical (unpaired) electrons. The number of benzene rings is 3. The lowest BCUT2D eigenvalue weighted by Crippen LogP contribution is -2.28. The Hall–Kier alpha value is -3.18. The molecular weight excluding hydrogens is 392 g/mol. The summed E-state index contributed by atoms with van der Waals surface area (Å²) in [6.07, 6.45) is 0. The summed E-state index contributed by atoms with van der Waals surface area (Å²) in [7, 11) is -2.19. The number of hydrogen-bond donors (Lipinski definition) is 0. The molecule has 0 saturated carbocycles. The van der Waals surface area contributed by atoms with E-state index in [9.17, 15) is 8.42 Å². The van der Waals surface area contributed by atoms with Gasteiger partial charge in [-0.05, 0) is 55.7 Å². The van der Waals surface area contributed by atoms with Crippen LogP contribution in [-0.2, 0) is 10.0 Å². The van der Waals surface area contributed by atoms with Gasteiger partial charge < -0.3 is 0 Å². The molecule has 4 nitrogen and oxygen atoms in total. The Labute approximate surface area is 177 Å². The summed E-state index contributed by atoms with van der Waals surface area (Å²) >= 11 is 0. The maximum atomic E-state index is 13.4. The summed E-state index contributed by atoms with van der Waals surface area (Å²) in [6.45, 7) is 5.99. The van der Waals surface area contributed by atoms with Crippen LogP contribution < -0.4 is 4.31 Å². The van der Waals surface area contributed by atoms with Crippen molar-refractivity contribution < 1.29 is 8.42 Å². The van der Waals surface area contributed by atoms with Gasteiger partial charge in [0, 0.05) is 18.0 Å². The smallest absolute Gasteiger partial charge is 0.252 e. The van der Waals surface area contributed by atoms with Gasteiger partial charge in [-0.1, -0.05) is 60.2 Å². The number of hydrogen-bond acceptors (Lipinski definition) is 3. The molecular formula is C25H24N2O2S. The first-order valence-corrected chi connectivity index (χ1v) is 11.3. The van der Waals surface area contributed by atoms with Crippen molar-refractivity contribution in [1.82, 2.24) is 4.98 Å². The molecule has 3 aromatic carbocycles. The van der Waals surface area contributed by atoms with Crippen LogP contribution in [0.1, 0.15) is 16.7 Å². The van der Waals surface area contributed by atoms with E-state index < -0.39 is 10.0 Å². The molecule has 0 aliphatic carbocycles. The fourth-order valence-electron chi connectivity index (χ4n) is 3.75. The molecule has 0 saturated heterocycles. The Balaban J connectivity index is 2.01. The van der Waals surface area contributed by atoms with E-state index in [0.29, 0.717) is 5.82 Å². The van der Waals surface area contributed by atoms with Crippen molar-refractivity contribution in [1.29, 1.82) is 0 Å². The lowest BCUT2D eigenvalue weighted by atomic mass is 9.94. The van der Waals surface area contributed by atoms with Gasteiger partial charge >= 0.3 is 0 Å². The monoisotopic (exact) mass is 416 g/mol. The van der Waals surface area contributed by atoms with Crippen molar-refractivity contribution in [2.45, 2.75) is 25.7 Å². The lowest BCUT2D eigenvalue weighted by molar-refractivity contribution is 0.594. The fraction of sp³-hybridized carbons (Fsp3) is 0.160. The van der Waals surface area contributed by atoms with Crippen LogP contribution in [0.25, 0.3) is 22.0 Å². The molecule has 1 aromatic heterocycles. The molecule has 0 amide bonds. The third-order valence-corrected chi connectivity index (χ3v) is 7.29. The van der Waals surface area contributed by atoms with Gasteiger partial charge in [0.15, 0.2) is 5.82 Å². The average molecular weight is 417 g/mol. The highest BCUT2D eigenvalue weighted by Crippen LogP contribution is 2.39. The second-order valence-corrected chi connectivity index (χ2v) is 9.52. The number of rotatable bonds is 4. The Morgan fingerprint density at radius 3 is 2.13 bits per heavy atom. The molecule has 4 aromatic rings. The molecule has 0 unspecified atom stereocenters. The van der Waals surface area contributed by atoms with E-state index in [4.69, 9.17) is 4.98 Å². The largest absolute Gasteiger partial charge is 0.265 e. The number of anilines is 1. The maximum Gasteiger partial charge on any atom is 0.265 e. The van der Waals surface area contributed by atoms with Gasteiger partial charge in [-0.15, -0.1) is 0 Å². The summed E-state index contributed by atoms with van der Waals surface area (Å²) in [5.74, 6) is 0.432. The first-order valence-electron chi connectivity index (χ1n) is 9.81. The zero-order valence-corrected chi connectivity index (χ0v) is 18.4. The molecule has 0 aliphatic rings. The molecule has 4 rings (SSSR count). The molecule has 0 N–H and O–H groups in total. The van der Waals surface area contributed by atoms with Crippen LogP contribution in [0.5, 0.6) is 0 Å².